The van der Waals surface area contributed by atoms with Crippen molar-refractivity contribution in [3.8, 4) is 34.3 Å². The van der Waals surface area contributed by atoms with Crippen LogP contribution in [0, 0.1) is 18.3 Å². The van der Waals surface area contributed by atoms with Gasteiger partial charge in [-0.2, -0.15) is 10.4 Å². The Morgan fingerprint density at radius 2 is 1.58 bits per heavy atom. The van der Waals surface area contributed by atoms with Gasteiger partial charge in [0.2, 0.25) is 5.88 Å². The lowest BCUT2D eigenvalue weighted by molar-refractivity contribution is 0.102. The van der Waals surface area contributed by atoms with Gasteiger partial charge in [-0.25, -0.2) is 9.67 Å². The van der Waals surface area contributed by atoms with Gasteiger partial charge in [0.05, 0.1) is 23.0 Å². The van der Waals surface area contributed by atoms with Gasteiger partial charge in [0.15, 0.2) is 5.82 Å². The van der Waals surface area contributed by atoms with Crippen molar-refractivity contribution in [1.82, 2.24) is 14.8 Å². The van der Waals surface area contributed by atoms with Gasteiger partial charge < -0.3 is 4.42 Å². The highest BCUT2D eigenvalue weighted by Gasteiger charge is 2.25. The quantitative estimate of drug-likeness (QED) is 0.284. The average molecular weight is 496 g/mol. The molecule has 0 bridgehead atoms. The summed E-state index contributed by atoms with van der Waals surface area (Å²) in [5.74, 6) is 0.773. The lowest BCUT2D eigenvalue weighted by Gasteiger charge is -2.06. The third-order valence-corrected chi connectivity index (χ3v) is 6.40. The summed E-state index contributed by atoms with van der Waals surface area (Å²) in [5.41, 5.74) is 4.30. The Morgan fingerprint density at radius 3 is 2.32 bits per heavy atom. The first-order valence-corrected chi connectivity index (χ1v) is 12.0. The van der Waals surface area contributed by atoms with E-state index >= 15 is 0 Å². The van der Waals surface area contributed by atoms with Crippen LogP contribution in [0.4, 0.5) is 5.88 Å². The molecule has 0 unspecified atom stereocenters. The van der Waals surface area contributed by atoms with Gasteiger partial charge in [0, 0.05) is 16.5 Å². The van der Waals surface area contributed by atoms with Gasteiger partial charge in [-0.15, -0.1) is 0 Å². The van der Waals surface area contributed by atoms with Crippen LogP contribution in [-0.2, 0) is 0 Å². The summed E-state index contributed by atoms with van der Waals surface area (Å²) in [6.07, 6.45) is 1.49. The highest BCUT2D eigenvalue weighted by Crippen LogP contribution is 2.41. The molecule has 38 heavy (non-hydrogen) atoms. The zero-order valence-corrected chi connectivity index (χ0v) is 20.4. The molecule has 3 aromatic heterocycles. The van der Waals surface area contributed by atoms with Gasteiger partial charge in [-0.3, -0.25) is 10.1 Å². The molecule has 0 atom stereocenters. The van der Waals surface area contributed by atoms with Crippen molar-refractivity contribution in [3.63, 3.8) is 0 Å². The van der Waals surface area contributed by atoms with E-state index in [9.17, 15) is 10.1 Å². The van der Waals surface area contributed by atoms with E-state index in [1.165, 1.54) is 6.20 Å². The molecule has 182 valence electrons. The third kappa shape index (κ3) is 4.00. The maximum absolute atomic E-state index is 13.4. The number of aromatic nitrogens is 3. The fourth-order valence-corrected chi connectivity index (χ4v) is 4.51. The number of carbonyl (C=O) groups excluding carboxylic acids is 1. The number of nitrogens with zero attached hydrogens (tertiary/aromatic N) is 4. The van der Waals surface area contributed by atoms with Crippen molar-refractivity contribution in [2.75, 3.05) is 5.32 Å². The minimum absolute atomic E-state index is 0.0891. The summed E-state index contributed by atoms with van der Waals surface area (Å²) >= 11 is 0. The van der Waals surface area contributed by atoms with Crippen LogP contribution in [0.3, 0.4) is 0 Å². The monoisotopic (exact) mass is 495 g/mol. The van der Waals surface area contributed by atoms with Crippen molar-refractivity contribution in [3.05, 3.63) is 120 Å². The number of amides is 1. The number of nitrogens with one attached hydrogen (secondary N) is 1. The molecule has 0 aliphatic heterocycles. The summed E-state index contributed by atoms with van der Waals surface area (Å²) in [4.78, 5) is 18.1. The number of carbonyl (C=O) groups is 1. The minimum Gasteiger partial charge on any atom is -0.438 e. The molecule has 0 radical (unpaired) electrons. The van der Waals surface area contributed by atoms with E-state index in [4.69, 9.17) is 4.42 Å². The average Bonchev–Trinajstić information content (AvgIpc) is 3.54. The van der Waals surface area contributed by atoms with Crippen LogP contribution in [0.1, 0.15) is 21.6 Å². The molecule has 3 heterocycles. The van der Waals surface area contributed by atoms with E-state index in [0.29, 0.717) is 28.4 Å². The van der Waals surface area contributed by atoms with E-state index in [-0.39, 0.29) is 11.4 Å². The number of furan rings is 1. The predicted molar refractivity (Wildman–Crippen MR) is 146 cm³/mol. The Balaban J connectivity index is 1.38. The third-order valence-electron chi connectivity index (χ3n) is 6.40. The van der Waals surface area contributed by atoms with Crippen molar-refractivity contribution in [2.24, 2.45) is 0 Å². The first-order chi connectivity index (χ1) is 18.6. The van der Waals surface area contributed by atoms with Crippen LogP contribution in [0.2, 0.25) is 0 Å². The number of rotatable bonds is 5. The van der Waals surface area contributed by atoms with Gasteiger partial charge >= 0.3 is 0 Å². The van der Waals surface area contributed by atoms with E-state index in [0.717, 1.165) is 22.0 Å². The summed E-state index contributed by atoms with van der Waals surface area (Å²) in [5, 5.41) is 18.4. The minimum atomic E-state index is -0.431. The van der Waals surface area contributed by atoms with Crippen LogP contribution < -0.4 is 5.32 Å². The Kier molecular flexibility index (Phi) is 5.75. The number of nitriles is 1. The second-order valence-corrected chi connectivity index (χ2v) is 8.73. The van der Waals surface area contributed by atoms with Crippen molar-refractivity contribution < 1.29 is 9.21 Å². The molecular weight excluding hydrogens is 474 g/mol. The molecule has 6 aromatic rings. The molecule has 0 aliphatic rings. The smallest absolute Gasteiger partial charge is 0.261 e. The highest BCUT2D eigenvalue weighted by atomic mass is 16.4. The molecule has 0 spiro atoms. The summed E-state index contributed by atoms with van der Waals surface area (Å²) in [7, 11) is 0. The number of hydrogen-bond donors (Lipinski definition) is 1. The number of anilines is 1. The molecule has 0 saturated heterocycles. The van der Waals surface area contributed by atoms with Gasteiger partial charge in [-0.05, 0) is 30.7 Å². The Labute approximate surface area is 218 Å². The molecule has 7 heteroatoms. The molecule has 1 amide bonds. The first kappa shape index (κ1) is 23.0. The maximum atomic E-state index is 13.4. The van der Waals surface area contributed by atoms with E-state index in [1.807, 2.05) is 97.1 Å². The zero-order valence-electron chi connectivity index (χ0n) is 20.4. The van der Waals surface area contributed by atoms with Gasteiger partial charge in [-0.1, -0.05) is 78.9 Å². The van der Waals surface area contributed by atoms with E-state index in [2.05, 4.69) is 21.5 Å². The van der Waals surface area contributed by atoms with Crippen molar-refractivity contribution >= 4 is 22.7 Å². The lowest BCUT2D eigenvalue weighted by atomic mass is 9.98. The molecule has 1 N–H and O–H groups in total. The van der Waals surface area contributed by atoms with E-state index in [1.54, 1.807) is 11.6 Å². The number of hydrogen-bond acceptors (Lipinski definition) is 5. The predicted octanol–water partition coefficient (Wildman–Crippen LogP) is 6.78. The van der Waals surface area contributed by atoms with Crippen LogP contribution >= 0.6 is 0 Å². The fraction of sp³-hybridized carbons (Fsp3) is 0.0323. The zero-order chi connectivity index (χ0) is 26.1. The summed E-state index contributed by atoms with van der Waals surface area (Å²) in [6, 6.07) is 32.9. The van der Waals surface area contributed by atoms with Crippen LogP contribution in [0.15, 0.2) is 108 Å². The fourth-order valence-electron chi connectivity index (χ4n) is 4.51. The molecule has 7 nitrogen and oxygen atoms in total. The molecule has 0 saturated carbocycles. The molecule has 6 rings (SSSR count). The standard InChI is InChI=1S/C31H21N5O2/c1-20-25(19-33-36(20)27-17-16-21-10-8-9-15-26(21)34-27)30(37)35-31-24(18-32)28(22-11-4-2-5-12-22)29(38-31)23-13-6-3-7-14-23/h2-17,19H,1H3,(H,35,37). The molecule has 0 aliphatic carbocycles. The Morgan fingerprint density at radius 1 is 0.895 bits per heavy atom. The summed E-state index contributed by atoms with van der Waals surface area (Å²) in [6.45, 7) is 1.80. The van der Waals surface area contributed by atoms with Crippen LogP contribution in [-0.4, -0.2) is 20.7 Å². The van der Waals surface area contributed by atoms with Crippen LogP contribution in [0.5, 0.6) is 0 Å². The highest BCUT2D eigenvalue weighted by molar-refractivity contribution is 6.06. The van der Waals surface area contributed by atoms with Crippen LogP contribution in [0.25, 0.3) is 39.2 Å². The normalized spacial score (nSPS) is 10.8. The Hall–Kier alpha value is -5.48. The molecule has 0 fully saturated rings. The van der Waals surface area contributed by atoms with Crippen molar-refractivity contribution in [1.29, 1.82) is 5.26 Å². The number of fused-ring (bicyclic) bond motifs is 1. The number of benzene rings is 3. The number of pyridine rings is 1. The molecule has 3 aromatic carbocycles. The molecular formula is C31H21N5O2. The topological polar surface area (TPSA) is 96.7 Å². The SMILES string of the molecule is Cc1c(C(=O)Nc2oc(-c3ccccc3)c(-c3ccccc3)c2C#N)cnn1-c1ccc2ccccc2n1. The maximum Gasteiger partial charge on any atom is 0.261 e. The first-order valence-electron chi connectivity index (χ1n) is 12.0. The van der Waals surface area contributed by atoms with Gasteiger partial charge in [0.25, 0.3) is 5.91 Å². The second-order valence-electron chi connectivity index (χ2n) is 8.73. The van der Waals surface area contributed by atoms with E-state index < -0.39 is 5.91 Å². The lowest BCUT2D eigenvalue weighted by Crippen LogP contribution is -2.13. The van der Waals surface area contributed by atoms with Gasteiger partial charge in [0.1, 0.15) is 17.4 Å². The summed E-state index contributed by atoms with van der Waals surface area (Å²) < 4.78 is 7.78. The second kappa shape index (κ2) is 9.52. The largest absolute Gasteiger partial charge is 0.438 e. The van der Waals surface area contributed by atoms with Crippen molar-refractivity contribution in [2.45, 2.75) is 6.92 Å². The Bertz CT molecular complexity index is 1830. The number of para-hydroxylation sites is 1.